The van der Waals surface area contributed by atoms with E-state index in [1.54, 1.807) is 30.5 Å². The molecule has 3 rings (SSSR count). The second-order valence-corrected chi connectivity index (χ2v) is 6.23. The second-order valence-electron chi connectivity index (χ2n) is 5.42. The summed E-state index contributed by atoms with van der Waals surface area (Å²) in [5.41, 5.74) is 0.584. The van der Waals surface area contributed by atoms with E-state index in [-0.39, 0.29) is 35.6 Å². The van der Waals surface area contributed by atoms with Gasteiger partial charge < -0.3 is 19.2 Å². The monoisotopic (exact) mass is 425 g/mol. The fraction of sp³-hybridized carbons (Fsp3) is 0.167. The molecule has 1 amide bonds. The van der Waals surface area contributed by atoms with Crippen LogP contribution in [0.5, 0.6) is 11.6 Å². The van der Waals surface area contributed by atoms with E-state index in [1.807, 2.05) is 0 Å². The van der Waals surface area contributed by atoms with Crippen LogP contribution >= 0.6 is 23.2 Å². The van der Waals surface area contributed by atoms with E-state index >= 15 is 0 Å². The van der Waals surface area contributed by atoms with Crippen LogP contribution < -0.4 is 14.8 Å². The van der Waals surface area contributed by atoms with Gasteiger partial charge in [-0.2, -0.15) is 0 Å². The van der Waals surface area contributed by atoms with Crippen LogP contribution in [0.2, 0.25) is 10.0 Å². The molecule has 1 N–H and O–H groups in total. The van der Waals surface area contributed by atoms with E-state index in [9.17, 15) is 9.18 Å². The molecule has 0 saturated heterocycles. The highest BCUT2D eigenvalue weighted by atomic mass is 35.5. The SMILES string of the molecule is O=C(COc1c(Cl)cc(F)cc1Cl)NCCOc1ccc(-c2ccco2)nn1. The van der Waals surface area contributed by atoms with Crippen molar-refractivity contribution >= 4 is 29.1 Å². The number of halogens is 3. The molecule has 0 aliphatic carbocycles. The van der Waals surface area contributed by atoms with Gasteiger partial charge in [0.25, 0.3) is 5.91 Å². The van der Waals surface area contributed by atoms with Gasteiger partial charge in [-0.3, -0.25) is 4.79 Å². The van der Waals surface area contributed by atoms with Gasteiger partial charge >= 0.3 is 0 Å². The zero-order valence-corrected chi connectivity index (χ0v) is 15.8. The van der Waals surface area contributed by atoms with Gasteiger partial charge in [0.1, 0.15) is 18.1 Å². The van der Waals surface area contributed by atoms with E-state index < -0.39 is 11.7 Å². The summed E-state index contributed by atoms with van der Waals surface area (Å²) >= 11 is 11.7. The van der Waals surface area contributed by atoms with Gasteiger partial charge in [0.2, 0.25) is 5.88 Å². The largest absolute Gasteiger partial charge is 0.481 e. The molecule has 28 heavy (non-hydrogen) atoms. The van der Waals surface area contributed by atoms with Gasteiger partial charge in [0.05, 0.1) is 22.9 Å². The predicted octanol–water partition coefficient (Wildman–Crippen LogP) is 3.76. The molecule has 0 atom stereocenters. The second kappa shape index (κ2) is 9.38. The molecule has 0 fully saturated rings. The lowest BCUT2D eigenvalue weighted by Gasteiger charge is -2.10. The van der Waals surface area contributed by atoms with Gasteiger partial charge in [-0.1, -0.05) is 23.2 Å². The van der Waals surface area contributed by atoms with Crippen LogP contribution in [0.3, 0.4) is 0 Å². The molecule has 0 unspecified atom stereocenters. The lowest BCUT2D eigenvalue weighted by molar-refractivity contribution is -0.123. The summed E-state index contributed by atoms with van der Waals surface area (Å²) < 4.78 is 29.0. The molecule has 0 aliphatic rings. The number of amides is 1. The third kappa shape index (κ3) is 5.34. The van der Waals surface area contributed by atoms with E-state index in [2.05, 4.69) is 15.5 Å². The lowest BCUT2D eigenvalue weighted by Crippen LogP contribution is -2.32. The maximum Gasteiger partial charge on any atom is 0.258 e. The highest BCUT2D eigenvalue weighted by Crippen LogP contribution is 2.33. The quantitative estimate of drug-likeness (QED) is 0.552. The molecule has 10 heteroatoms. The average Bonchev–Trinajstić information content (AvgIpc) is 3.19. The molecule has 3 aromatic rings. The fourth-order valence-electron chi connectivity index (χ4n) is 2.15. The van der Waals surface area contributed by atoms with Crippen molar-refractivity contribution in [1.29, 1.82) is 0 Å². The lowest BCUT2D eigenvalue weighted by atomic mass is 10.3. The van der Waals surface area contributed by atoms with Crippen LogP contribution in [0.4, 0.5) is 4.39 Å². The molecule has 2 heterocycles. The summed E-state index contributed by atoms with van der Waals surface area (Å²) in [6, 6.07) is 8.98. The minimum absolute atomic E-state index is 0.0160. The van der Waals surface area contributed by atoms with Crippen molar-refractivity contribution in [3.63, 3.8) is 0 Å². The number of rotatable bonds is 8. The average molecular weight is 426 g/mol. The number of benzene rings is 1. The Kier molecular flexibility index (Phi) is 6.67. The van der Waals surface area contributed by atoms with Crippen LogP contribution in [-0.2, 0) is 4.79 Å². The van der Waals surface area contributed by atoms with E-state index in [1.165, 1.54) is 0 Å². The summed E-state index contributed by atoms with van der Waals surface area (Å²) in [5.74, 6) is -0.0510. The van der Waals surface area contributed by atoms with Crippen LogP contribution in [-0.4, -0.2) is 35.9 Å². The van der Waals surface area contributed by atoms with Crippen molar-refractivity contribution in [1.82, 2.24) is 15.5 Å². The smallest absolute Gasteiger partial charge is 0.258 e. The first kappa shape index (κ1) is 19.9. The number of hydrogen-bond acceptors (Lipinski definition) is 6. The fourth-order valence-corrected chi connectivity index (χ4v) is 2.72. The molecular weight excluding hydrogens is 412 g/mol. The molecule has 0 saturated carbocycles. The molecule has 7 nitrogen and oxygen atoms in total. The van der Waals surface area contributed by atoms with Gasteiger partial charge in [0, 0.05) is 6.07 Å². The van der Waals surface area contributed by atoms with Crippen LogP contribution in [0.1, 0.15) is 0 Å². The zero-order valence-electron chi connectivity index (χ0n) is 14.3. The Bertz CT molecular complexity index is 914. The predicted molar refractivity (Wildman–Crippen MR) is 100 cm³/mol. The number of aromatic nitrogens is 2. The van der Waals surface area contributed by atoms with Crippen LogP contribution in [0.15, 0.2) is 47.1 Å². The van der Waals surface area contributed by atoms with Gasteiger partial charge in [-0.15, -0.1) is 10.2 Å². The van der Waals surface area contributed by atoms with Crippen molar-refractivity contribution in [2.45, 2.75) is 0 Å². The van der Waals surface area contributed by atoms with E-state index in [4.69, 9.17) is 37.1 Å². The number of nitrogens with zero attached hydrogens (tertiary/aromatic N) is 2. The normalized spacial score (nSPS) is 10.5. The Labute approximate surface area is 169 Å². The van der Waals surface area contributed by atoms with Gasteiger partial charge in [-0.25, -0.2) is 4.39 Å². The Morgan fingerprint density at radius 3 is 2.57 bits per heavy atom. The van der Waals surface area contributed by atoms with E-state index in [0.29, 0.717) is 17.3 Å². The standard InChI is InChI=1S/C18H14Cl2FN3O4/c19-12-8-11(21)9-13(20)18(12)28-10-16(25)22-5-7-27-17-4-3-14(23-24-17)15-2-1-6-26-15/h1-4,6,8-9H,5,7,10H2,(H,22,25). The topological polar surface area (TPSA) is 86.5 Å². The van der Waals surface area contributed by atoms with Crippen molar-refractivity contribution in [3.05, 3.63) is 58.5 Å². The Morgan fingerprint density at radius 2 is 1.93 bits per heavy atom. The summed E-state index contributed by atoms with van der Waals surface area (Å²) in [5, 5.41) is 10.5. The van der Waals surface area contributed by atoms with Crippen molar-refractivity contribution in [2.24, 2.45) is 0 Å². The molecule has 2 aromatic heterocycles. The zero-order chi connectivity index (χ0) is 19.9. The summed E-state index contributed by atoms with van der Waals surface area (Å²) in [6.45, 7) is 0.0655. The minimum atomic E-state index is -0.593. The third-order valence-corrected chi connectivity index (χ3v) is 3.96. The first-order valence-corrected chi connectivity index (χ1v) is 8.83. The number of furan rings is 1. The number of hydrogen-bond donors (Lipinski definition) is 1. The first-order chi connectivity index (χ1) is 13.5. The molecule has 0 radical (unpaired) electrons. The molecule has 146 valence electrons. The molecule has 0 spiro atoms. The van der Waals surface area contributed by atoms with Crippen LogP contribution in [0, 0.1) is 5.82 Å². The summed E-state index contributed by atoms with van der Waals surface area (Å²) in [4.78, 5) is 11.8. The maximum absolute atomic E-state index is 13.1. The maximum atomic E-state index is 13.1. The van der Waals surface area contributed by atoms with Crippen molar-refractivity contribution < 1.29 is 23.1 Å². The van der Waals surface area contributed by atoms with Crippen molar-refractivity contribution in [3.8, 4) is 23.1 Å². The van der Waals surface area contributed by atoms with Gasteiger partial charge in [0.15, 0.2) is 18.1 Å². The molecule has 0 aliphatic heterocycles. The van der Waals surface area contributed by atoms with Crippen molar-refractivity contribution in [2.75, 3.05) is 19.8 Å². The summed E-state index contributed by atoms with van der Waals surface area (Å²) in [7, 11) is 0. The van der Waals surface area contributed by atoms with Crippen LogP contribution in [0.25, 0.3) is 11.5 Å². The Morgan fingerprint density at radius 1 is 1.14 bits per heavy atom. The molecular formula is C18H14Cl2FN3O4. The number of nitrogens with one attached hydrogen (secondary N) is 1. The van der Waals surface area contributed by atoms with E-state index in [0.717, 1.165) is 12.1 Å². The third-order valence-electron chi connectivity index (χ3n) is 3.40. The molecule has 0 bridgehead atoms. The van der Waals surface area contributed by atoms with Gasteiger partial charge in [-0.05, 0) is 30.3 Å². The first-order valence-electron chi connectivity index (χ1n) is 8.07. The number of carbonyl (C=O) groups is 1. The number of carbonyl (C=O) groups excluding carboxylic acids is 1. The number of ether oxygens (including phenoxy) is 2. The minimum Gasteiger partial charge on any atom is -0.481 e. The molecule has 1 aromatic carbocycles. The Hall–Kier alpha value is -2.84. The Balaban J connectivity index is 1.39. The summed E-state index contributed by atoms with van der Waals surface area (Å²) in [6.07, 6.45) is 1.55. The highest BCUT2D eigenvalue weighted by molar-refractivity contribution is 6.37. The highest BCUT2D eigenvalue weighted by Gasteiger charge is 2.12.